The van der Waals surface area contributed by atoms with Crippen LogP contribution in [0.2, 0.25) is 0 Å². The minimum Gasteiger partial charge on any atom is -0.308 e. The maximum Gasteiger partial charge on any atom is 0.323 e. The van der Waals surface area contributed by atoms with Crippen molar-refractivity contribution in [2.45, 2.75) is 11.4 Å². The van der Waals surface area contributed by atoms with Crippen molar-refractivity contribution in [1.82, 2.24) is 4.90 Å². The topological polar surface area (TPSA) is 52.7 Å². The highest BCUT2D eigenvalue weighted by molar-refractivity contribution is 8.01. The van der Waals surface area contributed by atoms with Crippen LogP contribution >= 0.6 is 11.8 Å². The molecule has 1 atom stereocenters. The summed E-state index contributed by atoms with van der Waals surface area (Å²) in [7, 11) is 0. The van der Waals surface area contributed by atoms with E-state index in [0.29, 0.717) is 22.6 Å². The Bertz CT molecular complexity index is 1270. The lowest BCUT2D eigenvalue weighted by Crippen LogP contribution is -2.51. The zero-order chi connectivity index (χ0) is 23.2. The molecule has 5 nitrogen and oxygen atoms in total. The second-order valence-electron chi connectivity index (χ2n) is 7.77. The van der Waals surface area contributed by atoms with Crippen molar-refractivity contribution in [2.75, 3.05) is 22.5 Å². The van der Waals surface area contributed by atoms with Crippen molar-refractivity contribution in [3.8, 4) is 0 Å². The van der Waals surface area contributed by atoms with Crippen LogP contribution in [0.1, 0.15) is 11.1 Å². The highest BCUT2D eigenvalue weighted by Gasteiger charge is 2.59. The summed E-state index contributed by atoms with van der Waals surface area (Å²) >= 11 is 1.24. The molecule has 1 saturated heterocycles. The van der Waals surface area contributed by atoms with Gasteiger partial charge in [0.15, 0.2) is 4.87 Å². The first kappa shape index (κ1) is 21.4. The molecule has 33 heavy (non-hydrogen) atoms. The van der Waals surface area contributed by atoms with E-state index in [4.69, 9.17) is 0 Å². The minimum absolute atomic E-state index is 0.0664. The average Bonchev–Trinajstić information content (AvgIpc) is 3.31. The zero-order valence-electron chi connectivity index (χ0n) is 17.2. The van der Waals surface area contributed by atoms with E-state index < -0.39 is 34.3 Å². The predicted octanol–water partition coefficient (Wildman–Crippen LogP) is 5.08. The Labute approximate surface area is 192 Å². The Morgan fingerprint density at radius 2 is 1.70 bits per heavy atom. The fourth-order valence-corrected chi connectivity index (χ4v) is 5.77. The minimum atomic E-state index is -1.47. The van der Waals surface area contributed by atoms with Gasteiger partial charge in [-0.05, 0) is 54.1 Å². The SMILES string of the molecule is O=C(Nc1cccc(F)c1)N1CCS[C@]12C(=O)N(Cc1cccc(F)c1)c1ccc(F)cc12. The van der Waals surface area contributed by atoms with Crippen LogP contribution in [-0.4, -0.2) is 29.1 Å². The number of carbonyl (C=O) groups excluding carboxylic acids is 2. The number of nitrogens with one attached hydrogen (secondary N) is 1. The molecule has 0 bridgehead atoms. The molecule has 3 aromatic carbocycles. The monoisotopic (exact) mass is 469 g/mol. The maximum atomic E-state index is 14.3. The van der Waals surface area contributed by atoms with Crippen molar-refractivity contribution in [2.24, 2.45) is 0 Å². The van der Waals surface area contributed by atoms with Crippen molar-refractivity contribution in [1.29, 1.82) is 0 Å². The van der Waals surface area contributed by atoms with Gasteiger partial charge in [0.25, 0.3) is 5.91 Å². The largest absolute Gasteiger partial charge is 0.323 e. The van der Waals surface area contributed by atoms with Gasteiger partial charge in [-0.3, -0.25) is 9.69 Å². The maximum absolute atomic E-state index is 14.3. The number of hydrogen-bond donors (Lipinski definition) is 1. The summed E-state index contributed by atoms with van der Waals surface area (Å²) in [6.45, 7) is 0.304. The number of hydrogen-bond acceptors (Lipinski definition) is 3. The second-order valence-corrected chi connectivity index (χ2v) is 9.06. The van der Waals surface area contributed by atoms with E-state index in [1.165, 1.54) is 76.2 Å². The second kappa shape index (κ2) is 8.15. The summed E-state index contributed by atoms with van der Waals surface area (Å²) in [5.41, 5.74) is 1.63. The van der Waals surface area contributed by atoms with Gasteiger partial charge in [0.2, 0.25) is 0 Å². The molecule has 2 heterocycles. The van der Waals surface area contributed by atoms with Crippen molar-refractivity contribution >= 4 is 35.1 Å². The number of carbonyl (C=O) groups is 2. The van der Waals surface area contributed by atoms with E-state index in [9.17, 15) is 22.8 Å². The third-order valence-electron chi connectivity index (χ3n) is 5.71. The third-order valence-corrected chi connectivity index (χ3v) is 7.13. The van der Waals surface area contributed by atoms with Crippen LogP contribution in [0.25, 0.3) is 0 Å². The van der Waals surface area contributed by atoms with E-state index in [-0.39, 0.29) is 18.8 Å². The van der Waals surface area contributed by atoms with Crippen molar-refractivity contribution in [3.63, 3.8) is 0 Å². The van der Waals surface area contributed by atoms with Crippen LogP contribution in [-0.2, 0) is 16.2 Å². The van der Waals surface area contributed by atoms with Gasteiger partial charge in [-0.15, -0.1) is 11.8 Å². The van der Waals surface area contributed by atoms with Gasteiger partial charge in [-0.2, -0.15) is 0 Å². The van der Waals surface area contributed by atoms with E-state index in [2.05, 4.69) is 5.32 Å². The van der Waals surface area contributed by atoms with Gasteiger partial charge in [-0.25, -0.2) is 18.0 Å². The van der Waals surface area contributed by atoms with Gasteiger partial charge >= 0.3 is 6.03 Å². The molecule has 3 aromatic rings. The smallest absolute Gasteiger partial charge is 0.308 e. The Hall–Kier alpha value is -3.46. The van der Waals surface area contributed by atoms with E-state index >= 15 is 0 Å². The predicted molar refractivity (Wildman–Crippen MR) is 120 cm³/mol. The Kier molecular flexibility index (Phi) is 5.28. The summed E-state index contributed by atoms with van der Waals surface area (Å²) in [4.78, 5) is 28.4. The number of rotatable bonds is 3. The quantitative estimate of drug-likeness (QED) is 0.582. The van der Waals surface area contributed by atoms with Crippen LogP contribution in [0.15, 0.2) is 66.7 Å². The number of fused-ring (bicyclic) bond motifs is 2. The molecule has 1 fully saturated rings. The summed E-state index contributed by atoms with van der Waals surface area (Å²) in [5, 5.41) is 2.63. The summed E-state index contributed by atoms with van der Waals surface area (Å²) in [5.74, 6) is -1.44. The number of thioether (sulfide) groups is 1. The Balaban J connectivity index is 1.54. The fourth-order valence-electron chi connectivity index (χ4n) is 4.32. The van der Waals surface area contributed by atoms with Crippen LogP contribution < -0.4 is 10.2 Å². The van der Waals surface area contributed by atoms with Gasteiger partial charge < -0.3 is 10.2 Å². The first-order valence-electron chi connectivity index (χ1n) is 10.2. The highest BCUT2D eigenvalue weighted by atomic mass is 32.2. The van der Waals surface area contributed by atoms with Crippen LogP contribution in [0.5, 0.6) is 0 Å². The molecule has 5 rings (SSSR count). The number of nitrogens with zero attached hydrogens (tertiary/aromatic N) is 2. The molecule has 0 radical (unpaired) electrons. The van der Waals surface area contributed by atoms with Crippen LogP contribution in [0.4, 0.5) is 29.3 Å². The van der Waals surface area contributed by atoms with Crippen molar-refractivity contribution in [3.05, 3.63) is 95.3 Å². The molecule has 1 N–H and O–H groups in total. The van der Waals surface area contributed by atoms with Gasteiger partial charge in [0.05, 0.1) is 12.2 Å². The molecule has 168 valence electrons. The lowest BCUT2D eigenvalue weighted by Gasteiger charge is -2.33. The van der Waals surface area contributed by atoms with E-state index in [1.54, 1.807) is 12.1 Å². The van der Waals surface area contributed by atoms with E-state index in [1.807, 2.05) is 0 Å². The molecule has 0 unspecified atom stereocenters. The molecule has 9 heteroatoms. The molecule has 1 spiro atoms. The fraction of sp³-hybridized carbons (Fsp3) is 0.167. The van der Waals surface area contributed by atoms with Gasteiger partial charge in [0, 0.05) is 23.5 Å². The average molecular weight is 469 g/mol. The first-order chi connectivity index (χ1) is 15.9. The summed E-state index contributed by atoms with van der Waals surface area (Å²) in [6.07, 6.45) is 0. The molecule has 2 aliphatic heterocycles. The normalized spacial score (nSPS) is 19.3. The standard InChI is InChI=1S/C24H18F3N3O2S/c25-16-4-1-3-15(11-16)14-29-21-8-7-18(27)13-20(21)24(22(29)31)30(9-10-33-24)23(32)28-19-6-2-5-17(26)12-19/h1-8,11-13H,9-10,14H2,(H,28,32)/t24-/m1/s1. The number of amides is 3. The highest BCUT2D eigenvalue weighted by Crippen LogP contribution is 2.54. The lowest BCUT2D eigenvalue weighted by atomic mass is 10.1. The van der Waals surface area contributed by atoms with Gasteiger partial charge in [-0.1, -0.05) is 18.2 Å². The number of anilines is 2. The number of urea groups is 1. The Morgan fingerprint density at radius 3 is 2.45 bits per heavy atom. The molecule has 2 aliphatic rings. The van der Waals surface area contributed by atoms with Crippen LogP contribution in [0.3, 0.4) is 0 Å². The molecule has 0 aromatic heterocycles. The summed E-state index contributed by atoms with van der Waals surface area (Å²) < 4.78 is 41.6. The zero-order valence-corrected chi connectivity index (χ0v) is 18.0. The number of benzene rings is 3. The molecule has 0 saturated carbocycles. The third kappa shape index (κ3) is 3.62. The van der Waals surface area contributed by atoms with Crippen LogP contribution in [0, 0.1) is 17.5 Å². The first-order valence-corrected chi connectivity index (χ1v) is 11.2. The van der Waals surface area contributed by atoms with Gasteiger partial charge in [0.1, 0.15) is 17.5 Å². The van der Waals surface area contributed by atoms with Crippen molar-refractivity contribution < 1.29 is 22.8 Å². The molecular weight excluding hydrogens is 451 g/mol. The molecule has 3 amide bonds. The molecule has 0 aliphatic carbocycles. The lowest BCUT2D eigenvalue weighted by molar-refractivity contribution is -0.123. The Morgan fingerprint density at radius 1 is 0.970 bits per heavy atom. The van der Waals surface area contributed by atoms with E-state index in [0.717, 1.165) is 0 Å². The molecular formula is C24H18F3N3O2S. The number of halogens is 3. The summed E-state index contributed by atoms with van der Waals surface area (Å²) in [6, 6.07) is 14.7.